The van der Waals surface area contributed by atoms with Gasteiger partial charge in [0.1, 0.15) is 6.04 Å². The number of nitrogens with zero attached hydrogens (tertiary/aromatic N) is 1. The van der Waals surface area contributed by atoms with Crippen LogP contribution in [0.4, 0.5) is 0 Å². The van der Waals surface area contributed by atoms with Gasteiger partial charge in [0.25, 0.3) is 0 Å². The molecule has 2 aromatic carbocycles. The SMILES string of the molecule is COC(=O)[C@H]1[C@H](c2ccccc2)N1S(=O)(=O)c1ccc(C)cc1. The van der Waals surface area contributed by atoms with Gasteiger partial charge in [-0.1, -0.05) is 48.0 Å². The number of hydrogen-bond acceptors (Lipinski definition) is 4. The van der Waals surface area contributed by atoms with Gasteiger partial charge in [-0.25, -0.2) is 8.42 Å². The van der Waals surface area contributed by atoms with Gasteiger partial charge in [-0.3, -0.25) is 4.79 Å². The number of ether oxygens (including phenoxy) is 1. The zero-order chi connectivity index (χ0) is 16.6. The van der Waals surface area contributed by atoms with Crippen molar-refractivity contribution in [2.75, 3.05) is 7.11 Å². The van der Waals surface area contributed by atoms with Crippen LogP contribution < -0.4 is 0 Å². The molecule has 0 radical (unpaired) electrons. The number of esters is 1. The first kappa shape index (κ1) is 15.7. The molecule has 3 rings (SSSR count). The van der Waals surface area contributed by atoms with E-state index in [0.29, 0.717) is 0 Å². The first-order valence-corrected chi connectivity index (χ1v) is 8.64. The zero-order valence-corrected chi connectivity index (χ0v) is 13.7. The van der Waals surface area contributed by atoms with E-state index in [1.165, 1.54) is 11.4 Å². The van der Waals surface area contributed by atoms with Crippen molar-refractivity contribution in [3.63, 3.8) is 0 Å². The van der Waals surface area contributed by atoms with Crippen LogP contribution in [0.1, 0.15) is 17.2 Å². The van der Waals surface area contributed by atoms with Gasteiger partial charge in [-0.05, 0) is 24.6 Å². The average Bonchev–Trinajstić information content (AvgIpc) is 3.32. The first-order valence-electron chi connectivity index (χ1n) is 7.20. The number of carbonyl (C=O) groups is 1. The molecule has 1 fully saturated rings. The van der Waals surface area contributed by atoms with E-state index in [2.05, 4.69) is 0 Å². The predicted octanol–water partition coefficient (Wildman–Crippen LogP) is 2.28. The highest BCUT2D eigenvalue weighted by atomic mass is 32.2. The number of sulfonamides is 1. The summed E-state index contributed by atoms with van der Waals surface area (Å²) in [5.74, 6) is -0.547. The highest BCUT2D eigenvalue weighted by Crippen LogP contribution is 2.48. The Labute approximate surface area is 135 Å². The van der Waals surface area contributed by atoms with Crippen molar-refractivity contribution in [3.8, 4) is 0 Å². The van der Waals surface area contributed by atoms with Gasteiger partial charge in [0.2, 0.25) is 10.0 Å². The van der Waals surface area contributed by atoms with E-state index in [4.69, 9.17) is 4.74 Å². The molecule has 1 heterocycles. The number of methoxy groups -OCH3 is 1. The number of aryl methyl sites for hydroxylation is 1. The molecule has 23 heavy (non-hydrogen) atoms. The maximum absolute atomic E-state index is 12.8. The summed E-state index contributed by atoms with van der Waals surface area (Å²) < 4.78 is 31.6. The minimum absolute atomic E-state index is 0.176. The summed E-state index contributed by atoms with van der Waals surface area (Å²) in [6.07, 6.45) is 0. The Morgan fingerprint density at radius 3 is 2.22 bits per heavy atom. The van der Waals surface area contributed by atoms with Crippen molar-refractivity contribution in [1.29, 1.82) is 0 Å². The Hall–Kier alpha value is -2.18. The van der Waals surface area contributed by atoms with Crippen LogP contribution in [0, 0.1) is 6.92 Å². The highest BCUT2D eigenvalue weighted by molar-refractivity contribution is 7.89. The Morgan fingerprint density at radius 1 is 1.04 bits per heavy atom. The maximum Gasteiger partial charge on any atom is 0.326 e. The molecule has 0 aliphatic carbocycles. The van der Waals surface area contributed by atoms with Gasteiger partial charge in [-0.15, -0.1) is 0 Å². The molecular formula is C17H17NO4S. The molecular weight excluding hydrogens is 314 g/mol. The van der Waals surface area contributed by atoms with Crippen molar-refractivity contribution in [2.24, 2.45) is 0 Å². The molecule has 3 atom stereocenters. The van der Waals surface area contributed by atoms with Crippen LogP contribution in [0.2, 0.25) is 0 Å². The summed E-state index contributed by atoms with van der Waals surface area (Å²) in [6, 6.07) is 14.4. The van der Waals surface area contributed by atoms with E-state index < -0.39 is 28.1 Å². The minimum atomic E-state index is -3.75. The molecule has 1 unspecified atom stereocenters. The monoisotopic (exact) mass is 331 g/mol. The van der Waals surface area contributed by atoms with Gasteiger partial charge < -0.3 is 4.74 Å². The molecule has 120 valence electrons. The van der Waals surface area contributed by atoms with Gasteiger partial charge in [0, 0.05) is 0 Å². The van der Waals surface area contributed by atoms with Crippen LogP contribution in [0.5, 0.6) is 0 Å². The van der Waals surface area contributed by atoms with Crippen molar-refractivity contribution in [2.45, 2.75) is 23.9 Å². The third-order valence-electron chi connectivity index (χ3n) is 3.94. The quantitative estimate of drug-likeness (QED) is 0.637. The molecule has 0 aromatic heterocycles. The third kappa shape index (κ3) is 2.75. The maximum atomic E-state index is 12.8. The Kier molecular flexibility index (Phi) is 3.95. The lowest BCUT2D eigenvalue weighted by molar-refractivity contribution is -0.140. The molecule has 0 bridgehead atoms. The minimum Gasteiger partial charge on any atom is -0.468 e. The third-order valence-corrected chi connectivity index (χ3v) is 5.82. The van der Waals surface area contributed by atoms with Crippen LogP contribution >= 0.6 is 0 Å². The van der Waals surface area contributed by atoms with Crippen molar-refractivity contribution >= 4 is 16.0 Å². The summed E-state index contributed by atoms with van der Waals surface area (Å²) in [5.41, 5.74) is 1.75. The first-order chi connectivity index (χ1) is 11.0. The summed E-state index contributed by atoms with van der Waals surface area (Å²) >= 11 is 0. The van der Waals surface area contributed by atoms with E-state index in [1.54, 1.807) is 24.3 Å². The Morgan fingerprint density at radius 2 is 1.65 bits per heavy atom. The largest absolute Gasteiger partial charge is 0.468 e. The lowest BCUT2D eigenvalue weighted by Crippen LogP contribution is -2.20. The molecule has 1 saturated heterocycles. The zero-order valence-electron chi connectivity index (χ0n) is 12.8. The molecule has 0 saturated carbocycles. The van der Waals surface area contributed by atoms with E-state index in [-0.39, 0.29) is 4.90 Å². The predicted molar refractivity (Wildman–Crippen MR) is 85.2 cm³/mol. The summed E-state index contributed by atoms with van der Waals surface area (Å²) in [5, 5.41) is 0. The van der Waals surface area contributed by atoms with Crippen LogP contribution in [0.3, 0.4) is 0 Å². The van der Waals surface area contributed by atoms with Gasteiger partial charge >= 0.3 is 5.97 Å². The summed E-state index contributed by atoms with van der Waals surface area (Å²) in [6.45, 7) is 1.89. The second-order valence-electron chi connectivity index (χ2n) is 5.47. The fourth-order valence-electron chi connectivity index (χ4n) is 2.68. The van der Waals surface area contributed by atoms with E-state index >= 15 is 0 Å². The fraction of sp³-hybridized carbons (Fsp3) is 0.235. The molecule has 0 spiro atoms. The highest BCUT2D eigenvalue weighted by Gasteiger charge is 2.61. The van der Waals surface area contributed by atoms with E-state index in [1.807, 2.05) is 37.3 Å². The van der Waals surface area contributed by atoms with Crippen molar-refractivity contribution in [3.05, 3.63) is 65.7 Å². The molecule has 0 N–H and O–H groups in total. The van der Waals surface area contributed by atoms with Gasteiger partial charge in [-0.2, -0.15) is 4.31 Å². The smallest absolute Gasteiger partial charge is 0.326 e. The normalized spacial score (nSPS) is 23.3. The Bertz CT molecular complexity index is 815. The second-order valence-corrected chi connectivity index (χ2v) is 7.31. The van der Waals surface area contributed by atoms with Crippen LogP contribution in [-0.4, -0.2) is 31.8 Å². The fourth-order valence-corrected chi connectivity index (χ4v) is 4.38. The Balaban J connectivity index is 1.99. The molecule has 1 aliphatic rings. The van der Waals surface area contributed by atoms with E-state index in [0.717, 1.165) is 11.1 Å². The summed E-state index contributed by atoms with van der Waals surface area (Å²) in [4.78, 5) is 12.1. The van der Waals surface area contributed by atoms with E-state index in [9.17, 15) is 13.2 Å². The number of hydrogen-bond donors (Lipinski definition) is 0. The number of carbonyl (C=O) groups excluding carboxylic acids is 1. The van der Waals surface area contributed by atoms with Crippen LogP contribution in [0.25, 0.3) is 0 Å². The molecule has 1 aliphatic heterocycles. The molecule has 2 aromatic rings. The standard InChI is InChI=1S/C17H17NO4S/c1-12-8-10-14(11-9-12)23(20,21)18-15(16(18)17(19)22-2)13-6-4-3-5-7-13/h3-11,15-16H,1-2H3/t15-,16+,18?/m0/s1. The molecule has 0 amide bonds. The van der Waals surface area contributed by atoms with Crippen LogP contribution in [0.15, 0.2) is 59.5 Å². The summed E-state index contributed by atoms with van der Waals surface area (Å²) in [7, 11) is -2.49. The molecule has 6 heteroatoms. The number of benzene rings is 2. The van der Waals surface area contributed by atoms with Gasteiger partial charge in [0.15, 0.2) is 0 Å². The van der Waals surface area contributed by atoms with Crippen molar-refractivity contribution in [1.82, 2.24) is 4.31 Å². The number of rotatable bonds is 4. The molecule has 5 nitrogen and oxygen atoms in total. The van der Waals surface area contributed by atoms with Crippen molar-refractivity contribution < 1.29 is 17.9 Å². The van der Waals surface area contributed by atoms with Gasteiger partial charge in [0.05, 0.1) is 18.0 Å². The topological polar surface area (TPSA) is 63.5 Å². The second kappa shape index (κ2) is 5.79. The lowest BCUT2D eigenvalue weighted by Gasteiger charge is -2.07. The van der Waals surface area contributed by atoms with Crippen LogP contribution in [-0.2, 0) is 19.6 Å². The average molecular weight is 331 g/mol. The lowest BCUT2D eigenvalue weighted by atomic mass is 10.1.